The summed E-state index contributed by atoms with van der Waals surface area (Å²) in [5.74, 6) is -6.71. The first-order chi connectivity index (χ1) is 23.8. The first kappa shape index (κ1) is 38.6. The number of nitrogens with one attached hydrogen (secondary N) is 2. The summed E-state index contributed by atoms with van der Waals surface area (Å²) in [6, 6.07) is 0.890. The molecule has 0 unspecified atom stereocenters. The first-order valence-corrected chi connectivity index (χ1v) is 17.6. The van der Waals surface area contributed by atoms with Gasteiger partial charge in [0.15, 0.2) is 22.7 Å². The van der Waals surface area contributed by atoms with E-state index >= 15 is 0 Å². The smallest absolute Gasteiger partial charge is 0.546 e. The number of aromatic hydroxyl groups is 2. The van der Waals surface area contributed by atoms with Gasteiger partial charge in [0.1, 0.15) is 18.0 Å². The van der Waals surface area contributed by atoms with Crippen LogP contribution in [0.1, 0.15) is 35.4 Å². The second-order valence-electron chi connectivity index (χ2n) is 12.3. The number of carboxylic acid groups (broad SMARTS) is 2. The van der Waals surface area contributed by atoms with Crippen molar-refractivity contribution >= 4 is 75.4 Å². The molecule has 4 saturated heterocycles. The number of aromatic nitrogens is 2. The Balaban J connectivity index is 0.00000504. The molecule has 51 heavy (non-hydrogen) atoms. The van der Waals surface area contributed by atoms with E-state index in [1.807, 2.05) is 0 Å². The molecule has 1 aromatic heterocycles. The number of phenols is 2. The van der Waals surface area contributed by atoms with Gasteiger partial charge in [0.2, 0.25) is 11.5 Å². The number of anilines is 1. The topological polar surface area (TPSA) is 273 Å². The van der Waals surface area contributed by atoms with Crippen molar-refractivity contribution in [2.24, 2.45) is 11.1 Å². The number of hydrogen-bond donors (Lipinski definition) is 5. The average Bonchev–Trinajstić information content (AvgIpc) is 3.53. The third-order valence-electron chi connectivity index (χ3n) is 9.28. The molecule has 0 saturated carbocycles. The maximum Gasteiger partial charge on any atom is 1.00 e. The van der Waals surface area contributed by atoms with Crippen LogP contribution in [0.5, 0.6) is 11.5 Å². The van der Waals surface area contributed by atoms with Crippen LogP contribution < -0.4 is 56.1 Å². The number of quaternary nitrogens is 1. The molecule has 18 nitrogen and oxygen atoms in total. The van der Waals surface area contributed by atoms with E-state index in [0.29, 0.717) is 35.3 Å². The fraction of sp³-hybridized carbons (Fsp3) is 0.448. The SMILES string of the molecule is Nc1nc(/C(=N/O[C@@H](CNC(=O)c2ccc(O)c(O)c2Cl)C(=O)[O-])C(=O)N[C@@H]2C(=O)N3C(C(=O)[O-])=C(C[N+]45CCC(CC4)CC5)CS[C@H]23)ns1.[Na+]. The number of nitrogens with two attached hydrogens (primary N) is 1. The summed E-state index contributed by atoms with van der Waals surface area (Å²) in [6.07, 6.45) is 1.28. The van der Waals surface area contributed by atoms with E-state index in [4.69, 9.17) is 22.2 Å². The number of benzene rings is 1. The molecule has 1 aromatic carbocycles. The largest absolute Gasteiger partial charge is 1.00 e. The normalized spacial score (nSPS) is 24.5. The molecule has 7 rings (SSSR count). The van der Waals surface area contributed by atoms with Gasteiger partial charge in [-0.2, -0.15) is 9.36 Å². The number of oxime groups is 1. The minimum Gasteiger partial charge on any atom is -0.546 e. The number of β-lactam (4-membered cyclic amide) rings is 1. The van der Waals surface area contributed by atoms with Gasteiger partial charge in [0.25, 0.3) is 17.7 Å². The standard InChI is InChI=1S/C29H31ClN8O10S2.Na/c30-17-14(1-2-15(39)21(17)40)23(41)32-9-16(27(44)45)48-35-18(22-34-29(31)50-36-22)24(42)33-19-25(43)37-20(28(46)47)13(11-49-26(19)37)10-38-6-3-12(4-7-38)5-8-38;/h1-2,12,16,19,26H,3-11H2,(H7-,31,32,33,34,35,36,39,40,41,42,44,45,46,47);/q;+1/p-1/t12?,16-,19+,26+,38?;/m0./s1. The predicted molar refractivity (Wildman–Crippen MR) is 172 cm³/mol. The Labute approximate surface area is 325 Å². The van der Waals surface area contributed by atoms with Crippen molar-refractivity contribution in [3.63, 3.8) is 0 Å². The summed E-state index contributed by atoms with van der Waals surface area (Å²) in [5, 5.41) is 50.5. The number of nitrogen functional groups attached to an aromatic ring is 1. The number of carboxylic acids is 2. The van der Waals surface area contributed by atoms with Gasteiger partial charge in [0.05, 0.1) is 54.4 Å². The van der Waals surface area contributed by atoms with Gasteiger partial charge in [0, 0.05) is 22.9 Å². The number of halogens is 1. The minimum atomic E-state index is -1.98. The third-order valence-corrected chi connectivity index (χ3v) is 11.5. The molecule has 3 atom stereocenters. The Morgan fingerprint density at radius 3 is 2.47 bits per heavy atom. The molecule has 5 aliphatic heterocycles. The van der Waals surface area contributed by atoms with Crippen molar-refractivity contribution in [3.8, 4) is 11.5 Å². The van der Waals surface area contributed by atoms with E-state index in [9.17, 15) is 44.4 Å². The number of phenolic OH excluding ortho intramolecular Hbond substituents is 2. The Hall–Kier alpha value is -3.66. The van der Waals surface area contributed by atoms with Crippen LogP contribution in [-0.2, 0) is 24.0 Å². The maximum absolute atomic E-state index is 13.5. The minimum absolute atomic E-state index is 0. The van der Waals surface area contributed by atoms with E-state index in [-0.39, 0.29) is 51.8 Å². The van der Waals surface area contributed by atoms with Crippen LogP contribution in [0.15, 0.2) is 28.6 Å². The van der Waals surface area contributed by atoms with Gasteiger partial charge in [-0.05, 0) is 37.3 Å². The van der Waals surface area contributed by atoms with Crippen LogP contribution in [-0.4, -0.2) is 120 Å². The van der Waals surface area contributed by atoms with Crippen molar-refractivity contribution in [2.75, 3.05) is 44.2 Å². The van der Waals surface area contributed by atoms with Crippen molar-refractivity contribution in [1.82, 2.24) is 24.9 Å². The zero-order chi connectivity index (χ0) is 35.9. The molecule has 6 heterocycles. The van der Waals surface area contributed by atoms with Gasteiger partial charge in [-0.3, -0.25) is 19.3 Å². The van der Waals surface area contributed by atoms with E-state index in [2.05, 4.69) is 25.1 Å². The Morgan fingerprint density at radius 1 is 1.18 bits per heavy atom. The molecule has 5 aliphatic rings. The molecule has 2 bridgehead atoms. The summed E-state index contributed by atoms with van der Waals surface area (Å²) in [7, 11) is 0. The summed E-state index contributed by atoms with van der Waals surface area (Å²) >= 11 is 7.88. The number of piperidine rings is 3. The number of carbonyl (C=O) groups excluding carboxylic acids is 5. The number of amides is 3. The summed E-state index contributed by atoms with van der Waals surface area (Å²) < 4.78 is 4.70. The average molecular weight is 773 g/mol. The second kappa shape index (κ2) is 15.5. The van der Waals surface area contributed by atoms with Crippen LogP contribution >= 0.6 is 34.9 Å². The summed E-state index contributed by atoms with van der Waals surface area (Å²) in [5.41, 5.74) is 5.14. The van der Waals surface area contributed by atoms with Gasteiger partial charge in [-0.15, -0.1) is 11.8 Å². The van der Waals surface area contributed by atoms with Crippen molar-refractivity contribution < 1.29 is 83.3 Å². The molecule has 6 N–H and O–H groups in total. The number of hydrogen-bond acceptors (Lipinski definition) is 16. The van der Waals surface area contributed by atoms with Crippen LogP contribution in [0, 0.1) is 5.92 Å². The molecule has 22 heteroatoms. The maximum atomic E-state index is 13.5. The molecular formula is C29H30ClN8NaO10S2. The fourth-order valence-corrected chi connectivity index (χ4v) is 8.60. The Kier molecular flexibility index (Phi) is 11.7. The number of aliphatic carboxylic acids is 2. The Morgan fingerprint density at radius 2 is 1.86 bits per heavy atom. The van der Waals surface area contributed by atoms with Gasteiger partial charge < -0.3 is 55.7 Å². The quantitative estimate of drug-likeness (QED) is 0.0337. The van der Waals surface area contributed by atoms with Crippen molar-refractivity contribution in [2.45, 2.75) is 36.8 Å². The van der Waals surface area contributed by atoms with Crippen LogP contribution in [0.25, 0.3) is 0 Å². The molecule has 4 fully saturated rings. The zero-order valence-electron chi connectivity index (χ0n) is 27.0. The molecular weight excluding hydrogens is 743 g/mol. The Bertz CT molecular complexity index is 1820. The van der Waals surface area contributed by atoms with Crippen LogP contribution in [0.2, 0.25) is 5.02 Å². The number of thioether (sulfide) groups is 1. The van der Waals surface area contributed by atoms with E-state index in [0.717, 1.165) is 60.4 Å². The summed E-state index contributed by atoms with van der Waals surface area (Å²) in [6.45, 7) is 2.61. The van der Waals surface area contributed by atoms with Crippen LogP contribution in [0.4, 0.5) is 5.13 Å². The van der Waals surface area contributed by atoms with Crippen molar-refractivity contribution in [3.05, 3.63) is 39.8 Å². The molecule has 3 amide bonds. The first-order valence-electron chi connectivity index (χ1n) is 15.4. The van der Waals surface area contributed by atoms with Crippen LogP contribution in [0.3, 0.4) is 0 Å². The number of fused-ring (bicyclic) bond motifs is 4. The molecule has 266 valence electrons. The number of rotatable bonds is 12. The molecule has 0 radical (unpaired) electrons. The predicted octanol–water partition coefficient (Wildman–Crippen LogP) is -5.51. The van der Waals surface area contributed by atoms with Gasteiger partial charge in [-0.25, -0.2) is 0 Å². The van der Waals surface area contributed by atoms with Crippen molar-refractivity contribution in [1.29, 1.82) is 0 Å². The third kappa shape index (κ3) is 7.76. The van der Waals surface area contributed by atoms with Gasteiger partial charge in [-0.1, -0.05) is 16.8 Å². The molecule has 0 aliphatic carbocycles. The molecule has 0 spiro atoms. The zero-order valence-corrected chi connectivity index (χ0v) is 31.4. The second-order valence-corrected chi connectivity index (χ2v) is 14.6. The molecule has 2 aromatic rings. The van der Waals surface area contributed by atoms with E-state index < -0.39 is 76.0 Å². The van der Waals surface area contributed by atoms with E-state index in [1.165, 1.54) is 11.8 Å². The van der Waals surface area contributed by atoms with E-state index in [1.54, 1.807) is 0 Å². The van der Waals surface area contributed by atoms with Gasteiger partial charge >= 0.3 is 29.6 Å². The number of carbonyl (C=O) groups is 5. The number of nitrogens with zero attached hydrogens (tertiary/aromatic N) is 5. The monoisotopic (exact) mass is 772 g/mol. The summed E-state index contributed by atoms with van der Waals surface area (Å²) in [4.78, 5) is 73.7. The fourth-order valence-electron chi connectivity index (χ4n) is 6.59.